The molecule has 70 heavy (non-hydrogen) atoms. The van der Waals surface area contributed by atoms with Crippen LogP contribution >= 0.6 is 0 Å². The molecule has 0 heterocycles. The lowest BCUT2D eigenvalue weighted by atomic mass is 10.1. The fourth-order valence-corrected chi connectivity index (χ4v) is 8.50. The minimum Gasteiger partial charge on any atom is -0.403 e. The van der Waals surface area contributed by atoms with E-state index in [9.17, 15) is 22.8 Å². The minimum atomic E-state index is -5.19. The van der Waals surface area contributed by atoms with E-state index in [1.165, 1.54) is 103 Å². The largest absolute Gasteiger partial charge is 0.491 e. The number of nitrogens with one attached hydrogen (secondary N) is 3. The Balaban J connectivity index is 5.40. The molecule has 0 aromatic heterocycles. The summed E-state index contributed by atoms with van der Waals surface area (Å²) in [7, 11) is 3.41. The summed E-state index contributed by atoms with van der Waals surface area (Å²) < 4.78 is 59.1. The van der Waals surface area contributed by atoms with Gasteiger partial charge in [-0.15, -0.1) is 0 Å². The van der Waals surface area contributed by atoms with E-state index in [-0.39, 0.29) is 30.1 Å². The van der Waals surface area contributed by atoms with Gasteiger partial charge in [-0.25, -0.2) is 4.79 Å². The molecule has 2 unspecified atom stereocenters. The summed E-state index contributed by atoms with van der Waals surface area (Å²) in [6.07, 6.45) is 37.8. The zero-order valence-corrected chi connectivity index (χ0v) is 45.5. The van der Waals surface area contributed by atoms with Gasteiger partial charge in [-0.3, -0.25) is 9.28 Å². The molecule has 1 amide bonds. The summed E-state index contributed by atoms with van der Waals surface area (Å²) in [5.74, 6) is -2.47. The van der Waals surface area contributed by atoms with Crippen molar-refractivity contribution in [1.29, 1.82) is 0 Å². The SMILES string of the molecule is CCCCCCCC/C=C\CCCCCCCCOCC(OCCCCCCCC/C=C\CCCCCCCC)C(OC(=O)C(F)(F)F)[N+](C)(C)CCNC(=O)[C@@H](CCCNCCCN)NCCCN. The normalized spacial score (nSPS) is 13.7. The number of esters is 1. The number of rotatable bonds is 53. The molecule has 414 valence electrons. The van der Waals surface area contributed by atoms with Crippen molar-refractivity contribution in [2.75, 3.05) is 79.7 Å². The highest BCUT2D eigenvalue weighted by Crippen LogP contribution is 2.24. The van der Waals surface area contributed by atoms with E-state index in [1.54, 1.807) is 14.1 Å². The Morgan fingerprint density at radius 2 is 1.01 bits per heavy atom. The van der Waals surface area contributed by atoms with Gasteiger partial charge >= 0.3 is 12.1 Å². The molecule has 0 saturated carbocycles. The molecule has 11 nitrogen and oxygen atoms in total. The van der Waals surface area contributed by atoms with Crippen LogP contribution in [0.4, 0.5) is 13.2 Å². The molecule has 0 fully saturated rings. The predicted molar refractivity (Wildman–Crippen MR) is 287 cm³/mol. The monoisotopic (exact) mass is 1000 g/mol. The van der Waals surface area contributed by atoms with Gasteiger partial charge in [0.15, 0.2) is 6.10 Å². The van der Waals surface area contributed by atoms with Crippen molar-refractivity contribution in [3.63, 3.8) is 0 Å². The van der Waals surface area contributed by atoms with E-state index in [1.807, 2.05) is 0 Å². The van der Waals surface area contributed by atoms with E-state index in [0.29, 0.717) is 45.7 Å². The maximum atomic E-state index is 13.8. The van der Waals surface area contributed by atoms with Gasteiger partial charge in [-0.1, -0.05) is 154 Å². The van der Waals surface area contributed by atoms with Crippen molar-refractivity contribution in [2.24, 2.45) is 11.5 Å². The van der Waals surface area contributed by atoms with Crippen LogP contribution in [0.1, 0.15) is 219 Å². The summed E-state index contributed by atoms with van der Waals surface area (Å²) in [6, 6.07) is -0.458. The first-order valence-corrected chi connectivity index (χ1v) is 28.7. The number of hydrogen-bond acceptors (Lipinski definition) is 9. The van der Waals surface area contributed by atoms with E-state index >= 15 is 0 Å². The molecule has 0 radical (unpaired) electrons. The number of carbonyl (C=O) groups is 2. The molecule has 0 bridgehead atoms. The number of nitrogens with two attached hydrogens (primary N) is 2. The van der Waals surface area contributed by atoms with Crippen molar-refractivity contribution in [3.8, 4) is 0 Å². The highest BCUT2D eigenvalue weighted by atomic mass is 19.4. The average Bonchev–Trinajstić information content (AvgIpc) is 3.33. The topological polar surface area (TPSA) is 150 Å². The van der Waals surface area contributed by atoms with Crippen LogP contribution in [0.15, 0.2) is 24.3 Å². The Morgan fingerprint density at radius 3 is 1.50 bits per heavy atom. The van der Waals surface area contributed by atoms with Gasteiger partial charge in [-0.2, -0.15) is 13.2 Å². The fourth-order valence-electron chi connectivity index (χ4n) is 8.50. The standard InChI is InChI=1S/C56H109F3N6O5/c1-5-7-9-11-13-15-17-19-21-23-25-27-29-31-33-35-48-68-50-52(69-49-36-34-32-30-28-26-24-22-20-18-16-14-12-10-8-6-2)54(70-55(67)56(57,58)59)65(3,4)47-46-64-53(66)51(63-45-39-42-61)40-37-43-62-44-38-41-60/h19-22,51-52,54,62-63H,5-18,23-50,60-61H2,1-4H3/p+1/b21-19-,22-20-/t51-,52?,54?/m1/s1. The lowest BCUT2D eigenvalue weighted by Crippen LogP contribution is -2.61. The summed E-state index contributed by atoms with van der Waals surface area (Å²) >= 11 is 0. The molecule has 0 aliphatic heterocycles. The number of ether oxygens (including phenoxy) is 3. The van der Waals surface area contributed by atoms with Gasteiger partial charge in [-0.05, 0) is 123 Å². The van der Waals surface area contributed by atoms with Crippen molar-refractivity contribution in [3.05, 3.63) is 24.3 Å². The van der Waals surface area contributed by atoms with Gasteiger partial charge in [0.2, 0.25) is 5.91 Å². The van der Waals surface area contributed by atoms with Gasteiger partial charge in [0.1, 0.15) is 0 Å². The molecule has 0 saturated heterocycles. The second-order valence-corrected chi connectivity index (χ2v) is 20.1. The third-order valence-electron chi connectivity index (χ3n) is 13.0. The maximum Gasteiger partial charge on any atom is 0.491 e. The molecule has 0 aliphatic rings. The summed E-state index contributed by atoms with van der Waals surface area (Å²) in [5.41, 5.74) is 11.3. The van der Waals surface area contributed by atoms with Crippen LogP contribution in [0.3, 0.4) is 0 Å². The Bertz CT molecular complexity index is 1230. The number of carbonyl (C=O) groups excluding carboxylic acids is 2. The lowest BCUT2D eigenvalue weighted by molar-refractivity contribution is -0.938. The van der Waals surface area contributed by atoms with E-state index in [4.69, 9.17) is 25.7 Å². The fraction of sp³-hybridized carbons (Fsp3) is 0.893. The maximum absolute atomic E-state index is 13.8. The number of halogens is 3. The third kappa shape index (κ3) is 42.4. The number of alkyl halides is 3. The molecule has 0 aromatic carbocycles. The molecule has 0 aliphatic carbocycles. The smallest absolute Gasteiger partial charge is 0.403 e. The second-order valence-electron chi connectivity index (χ2n) is 20.1. The van der Waals surface area contributed by atoms with Crippen LogP contribution in [0.5, 0.6) is 0 Å². The van der Waals surface area contributed by atoms with Gasteiger partial charge in [0, 0.05) is 13.2 Å². The van der Waals surface area contributed by atoms with Crippen LogP contribution < -0.4 is 27.4 Å². The summed E-state index contributed by atoms with van der Waals surface area (Å²) in [5, 5.41) is 9.63. The number of quaternary nitrogens is 1. The van der Waals surface area contributed by atoms with Crippen LogP contribution in [0, 0.1) is 0 Å². The van der Waals surface area contributed by atoms with Crippen LogP contribution in [0.25, 0.3) is 0 Å². The molecular formula is C56H110F3N6O5+. The number of hydrogen-bond donors (Lipinski definition) is 5. The number of unbranched alkanes of at least 4 members (excludes halogenated alkanes) is 24. The van der Waals surface area contributed by atoms with E-state index in [0.717, 1.165) is 103 Å². The molecule has 7 N–H and O–H groups in total. The van der Waals surface area contributed by atoms with E-state index in [2.05, 4.69) is 54.1 Å². The van der Waals surface area contributed by atoms with Gasteiger partial charge in [0.25, 0.3) is 6.23 Å². The van der Waals surface area contributed by atoms with Crippen molar-refractivity contribution in [1.82, 2.24) is 16.0 Å². The first-order chi connectivity index (χ1) is 33.9. The first-order valence-electron chi connectivity index (χ1n) is 28.7. The summed E-state index contributed by atoms with van der Waals surface area (Å²) in [4.78, 5) is 26.0. The molecule has 3 atom stereocenters. The van der Waals surface area contributed by atoms with Crippen LogP contribution in [-0.4, -0.2) is 121 Å². The molecule has 0 spiro atoms. The molecular weight excluding hydrogens is 894 g/mol. The number of amides is 1. The predicted octanol–water partition coefficient (Wildman–Crippen LogP) is 12.1. The Kier molecular flexibility index (Phi) is 47.7. The average molecular weight is 1000 g/mol. The Hall–Kier alpha value is -2.07. The second kappa shape index (κ2) is 49.2. The third-order valence-corrected chi connectivity index (χ3v) is 13.0. The van der Waals surface area contributed by atoms with Crippen molar-refractivity contribution < 1.29 is 41.5 Å². The van der Waals surface area contributed by atoms with Gasteiger partial charge < -0.3 is 41.6 Å². The molecule has 14 heteroatoms. The number of likely N-dealkylation sites (N-methyl/N-ethyl adjacent to an activating group) is 1. The van der Waals surface area contributed by atoms with Crippen LogP contribution in [-0.2, 0) is 23.8 Å². The number of allylic oxidation sites excluding steroid dienone is 4. The Morgan fingerprint density at radius 1 is 0.571 bits per heavy atom. The number of nitrogens with zero attached hydrogens (tertiary/aromatic N) is 1. The van der Waals surface area contributed by atoms with Crippen molar-refractivity contribution in [2.45, 2.75) is 244 Å². The zero-order chi connectivity index (χ0) is 51.7. The van der Waals surface area contributed by atoms with Gasteiger partial charge in [0.05, 0.1) is 39.8 Å². The zero-order valence-electron chi connectivity index (χ0n) is 45.5. The highest BCUT2D eigenvalue weighted by molar-refractivity contribution is 5.81. The quantitative estimate of drug-likeness (QED) is 0.0132. The van der Waals surface area contributed by atoms with Crippen molar-refractivity contribution >= 4 is 11.9 Å². The highest BCUT2D eigenvalue weighted by Gasteiger charge is 2.48. The van der Waals surface area contributed by atoms with E-state index < -0.39 is 30.5 Å². The Labute approximate surface area is 427 Å². The van der Waals surface area contributed by atoms with Crippen LogP contribution in [0.2, 0.25) is 0 Å². The molecule has 0 aromatic rings. The minimum absolute atomic E-state index is 0.0201. The lowest BCUT2D eigenvalue weighted by Gasteiger charge is -2.40. The molecule has 0 rings (SSSR count). The summed E-state index contributed by atoms with van der Waals surface area (Å²) in [6.45, 7) is 8.79. The first kappa shape index (κ1) is 67.9.